The number of para-hydroxylation sites is 1. The molecule has 0 saturated carbocycles. The number of aromatic nitrogens is 4. The molecule has 2 aromatic heterocycles. The number of hydrogen-bond acceptors (Lipinski definition) is 5. The van der Waals surface area contributed by atoms with E-state index < -0.39 is 0 Å². The lowest BCUT2D eigenvalue weighted by Crippen LogP contribution is -2.04. The number of nitrogen functional groups attached to an aromatic ring is 1. The van der Waals surface area contributed by atoms with Crippen LogP contribution in [0.15, 0.2) is 42.7 Å². The molecule has 21 heavy (non-hydrogen) atoms. The first-order chi connectivity index (χ1) is 10.2. The SMILES string of the molecule is COc1ccccc1-c1cc(N)n(-c2cc(C)ncn2)n1. The van der Waals surface area contributed by atoms with Crippen LogP contribution in [-0.4, -0.2) is 26.9 Å². The number of nitrogens with two attached hydrogens (primary N) is 1. The third kappa shape index (κ3) is 2.43. The van der Waals surface area contributed by atoms with Crippen LogP contribution in [0.1, 0.15) is 5.69 Å². The molecule has 0 spiro atoms. The van der Waals surface area contributed by atoms with Gasteiger partial charge in [-0.2, -0.15) is 9.78 Å². The van der Waals surface area contributed by atoms with E-state index in [2.05, 4.69) is 15.1 Å². The van der Waals surface area contributed by atoms with E-state index in [0.717, 1.165) is 22.7 Å². The minimum absolute atomic E-state index is 0.508. The molecule has 0 atom stereocenters. The summed E-state index contributed by atoms with van der Waals surface area (Å²) in [6.07, 6.45) is 1.49. The van der Waals surface area contributed by atoms with Crippen molar-refractivity contribution in [3.05, 3.63) is 48.4 Å². The lowest BCUT2D eigenvalue weighted by molar-refractivity contribution is 0.416. The van der Waals surface area contributed by atoms with Gasteiger partial charge < -0.3 is 10.5 Å². The van der Waals surface area contributed by atoms with Crippen LogP contribution in [0.25, 0.3) is 17.1 Å². The largest absolute Gasteiger partial charge is 0.496 e. The molecule has 6 nitrogen and oxygen atoms in total. The van der Waals surface area contributed by atoms with Gasteiger partial charge in [0.25, 0.3) is 0 Å². The molecule has 0 bridgehead atoms. The van der Waals surface area contributed by atoms with Gasteiger partial charge in [-0.05, 0) is 19.1 Å². The molecular weight excluding hydrogens is 266 g/mol. The van der Waals surface area contributed by atoms with Gasteiger partial charge in [0.15, 0.2) is 5.82 Å². The van der Waals surface area contributed by atoms with E-state index in [9.17, 15) is 0 Å². The molecule has 106 valence electrons. The van der Waals surface area contributed by atoms with Crippen molar-refractivity contribution in [1.82, 2.24) is 19.7 Å². The lowest BCUT2D eigenvalue weighted by atomic mass is 10.1. The minimum Gasteiger partial charge on any atom is -0.496 e. The van der Waals surface area contributed by atoms with Crippen molar-refractivity contribution in [1.29, 1.82) is 0 Å². The average Bonchev–Trinajstić information content (AvgIpc) is 2.89. The molecule has 3 aromatic rings. The molecule has 0 saturated heterocycles. The third-order valence-electron chi connectivity index (χ3n) is 3.13. The van der Waals surface area contributed by atoms with E-state index in [0.29, 0.717) is 11.6 Å². The minimum atomic E-state index is 0.508. The van der Waals surface area contributed by atoms with E-state index in [1.165, 1.54) is 6.33 Å². The number of anilines is 1. The van der Waals surface area contributed by atoms with Crippen LogP contribution < -0.4 is 10.5 Å². The maximum absolute atomic E-state index is 6.05. The standard InChI is InChI=1S/C15H15N5O/c1-10-7-15(18-9-17-10)20-14(16)8-12(19-20)11-5-3-4-6-13(11)21-2/h3-9H,16H2,1-2H3. The van der Waals surface area contributed by atoms with Gasteiger partial charge in [0.05, 0.1) is 12.8 Å². The smallest absolute Gasteiger partial charge is 0.159 e. The predicted molar refractivity (Wildman–Crippen MR) is 80.3 cm³/mol. The summed E-state index contributed by atoms with van der Waals surface area (Å²) < 4.78 is 6.95. The normalized spacial score (nSPS) is 10.6. The number of methoxy groups -OCH3 is 1. The molecule has 6 heteroatoms. The van der Waals surface area contributed by atoms with E-state index >= 15 is 0 Å². The van der Waals surface area contributed by atoms with Gasteiger partial charge in [0, 0.05) is 23.4 Å². The summed E-state index contributed by atoms with van der Waals surface area (Å²) in [5, 5.41) is 4.52. The van der Waals surface area contributed by atoms with E-state index in [1.807, 2.05) is 37.3 Å². The summed E-state index contributed by atoms with van der Waals surface area (Å²) in [6, 6.07) is 11.3. The molecule has 3 rings (SSSR count). The Bertz CT molecular complexity index is 781. The zero-order valence-corrected chi connectivity index (χ0v) is 11.8. The van der Waals surface area contributed by atoms with Crippen molar-refractivity contribution in [2.75, 3.05) is 12.8 Å². The molecule has 0 unspecified atom stereocenters. The first kappa shape index (κ1) is 13.1. The molecule has 0 aliphatic rings. The van der Waals surface area contributed by atoms with Gasteiger partial charge in [-0.3, -0.25) is 0 Å². The molecule has 2 heterocycles. The van der Waals surface area contributed by atoms with Crippen LogP contribution in [0.4, 0.5) is 5.82 Å². The van der Waals surface area contributed by atoms with Crippen LogP contribution in [-0.2, 0) is 0 Å². The second-order valence-corrected chi connectivity index (χ2v) is 4.58. The van der Waals surface area contributed by atoms with E-state index in [1.54, 1.807) is 17.9 Å². The van der Waals surface area contributed by atoms with Gasteiger partial charge in [0.2, 0.25) is 0 Å². The summed E-state index contributed by atoms with van der Waals surface area (Å²) in [6.45, 7) is 1.89. The summed E-state index contributed by atoms with van der Waals surface area (Å²) in [5.74, 6) is 1.90. The van der Waals surface area contributed by atoms with E-state index in [-0.39, 0.29) is 0 Å². The van der Waals surface area contributed by atoms with Crippen LogP contribution in [0.2, 0.25) is 0 Å². The van der Waals surface area contributed by atoms with Gasteiger partial charge in [-0.15, -0.1) is 0 Å². The fourth-order valence-electron chi connectivity index (χ4n) is 2.12. The second-order valence-electron chi connectivity index (χ2n) is 4.58. The Morgan fingerprint density at radius 2 is 1.95 bits per heavy atom. The van der Waals surface area contributed by atoms with Crippen molar-refractivity contribution >= 4 is 5.82 Å². The van der Waals surface area contributed by atoms with Crippen LogP contribution in [0.5, 0.6) is 5.75 Å². The highest BCUT2D eigenvalue weighted by atomic mass is 16.5. The van der Waals surface area contributed by atoms with Gasteiger partial charge in [-0.25, -0.2) is 9.97 Å². The number of ether oxygens (including phenoxy) is 1. The number of hydrogen-bond donors (Lipinski definition) is 1. The van der Waals surface area contributed by atoms with Crippen molar-refractivity contribution in [3.63, 3.8) is 0 Å². The summed E-state index contributed by atoms with van der Waals surface area (Å²) in [5.41, 5.74) is 8.53. The fraction of sp³-hybridized carbons (Fsp3) is 0.133. The molecule has 1 aromatic carbocycles. The lowest BCUT2D eigenvalue weighted by Gasteiger charge is -2.05. The quantitative estimate of drug-likeness (QED) is 0.796. The molecule has 0 fully saturated rings. The molecule has 0 radical (unpaired) electrons. The van der Waals surface area contributed by atoms with Crippen LogP contribution in [0, 0.1) is 6.92 Å². The molecular formula is C15H15N5O. The predicted octanol–water partition coefficient (Wildman–Crippen LogP) is 2.23. The topological polar surface area (TPSA) is 78.9 Å². The van der Waals surface area contributed by atoms with E-state index in [4.69, 9.17) is 10.5 Å². The van der Waals surface area contributed by atoms with Gasteiger partial charge in [0.1, 0.15) is 17.9 Å². The molecule has 0 amide bonds. The Kier molecular flexibility index (Phi) is 3.27. The zero-order valence-electron chi connectivity index (χ0n) is 11.8. The second kappa shape index (κ2) is 5.24. The Labute approximate surface area is 122 Å². The van der Waals surface area contributed by atoms with Gasteiger partial charge >= 0.3 is 0 Å². The monoisotopic (exact) mass is 281 g/mol. The maximum atomic E-state index is 6.05. The number of nitrogens with zero attached hydrogens (tertiary/aromatic N) is 4. The van der Waals surface area contributed by atoms with Crippen molar-refractivity contribution in [2.24, 2.45) is 0 Å². The highest BCUT2D eigenvalue weighted by Gasteiger charge is 2.13. The highest BCUT2D eigenvalue weighted by Crippen LogP contribution is 2.30. The third-order valence-corrected chi connectivity index (χ3v) is 3.13. The zero-order chi connectivity index (χ0) is 14.8. The van der Waals surface area contributed by atoms with Gasteiger partial charge in [-0.1, -0.05) is 12.1 Å². The average molecular weight is 281 g/mol. The first-order valence-corrected chi connectivity index (χ1v) is 6.47. The summed E-state index contributed by atoms with van der Waals surface area (Å²) >= 11 is 0. The first-order valence-electron chi connectivity index (χ1n) is 6.47. The molecule has 0 aliphatic heterocycles. The number of rotatable bonds is 3. The highest BCUT2D eigenvalue weighted by molar-refractivity contribution is 5.69. The number of benzene rings is 1. The fourth-order valence-corrected chi connectivity index (χ4v) is 2.12. The molecule has 2 N–H and O–H groups in total. The number of aryl methyl sites for hydroxylation is 1. The summed E-state index contributed by atoms with van der Waals surface area (Å²) in [7, 11) is 1.63. The van der Waals surface area contributed by atoms with Crippen molar-refractivity contribution in [2.45, 2.75) is 6.92 Å². The van der Waals surface area contributed by atoms with Crippen molar-refractivity contribution in [3.8, 4) is 22.8 Å². The van der Waals surface area contributed by atoms with Crippen LogP contribution in [0.3, 0.4) is 0 Å². The molecule has 0 aliphatic carbocycles. The Hall–Kier alpha value is -2.89. The summed E-state index contributed by atoms with van der Waals surface area (Å²) in [4.78, 5) is 8.27. The Morgan fingerprint density at radius 1 is 1.14 bits per heavy atom. The van der Waals surface area contributed by atoms with Crippen molar-refractivity contribution < 1.29 is 4.74 Å². The maximum Gasteiger partial charge on any atom is 0.159 e. The van der Waals surface area contributed by atoms with Crippen LogP contribution >= 0.6 is 0 Å². The Morgan fingerprint density at radius 3 is 2.71 bits per heavy atom. The Balaban J connectivity index is 2.10.